The number of aryl methyl sites for hydroxylation is 1. The van der Waals surface area contributed by atoms with E-state index < -0.39 is 0 Å². The van der Waals surface area contributed by atoms with Crippen molar-refractivity contribution in [2.75, 3.05) is 33.3 Å². The molecule has 1 unspecified atom stereocenters. The number of carbonyl (C=O) groups is 1. The molecule has 0 aliphatic carbocycles. The molecule has 0 amide bonds. The van der Waals surface area contributed by atoms with Crippen LogP contribution in [0.3, 0.4) is 0 Å². The van der Waals surface area contributed by atoms with Gasteiger partial charge in [-0.15, -0.1) is 0 Å². The molecule has 0 radical (unpaired) electrons. The van der Waals surface area contributed by atoms with Crippen LogP contribution in [0.2, 0.25) is 0 Å². The van der Waals surface area contributed by atoms with E-state index in [1.165, 1.54) is 18.2 Å². The van der Waals surface area contributed by atoms with Crippen LogP contribution in [0.4, 0.5) is 0 Å². The number of piperazine rings is 1. The number of esters is 1. The van der Waals surface area contributed by atoms with E-state index >= 15 is 0 Å². The molecule has 1 aromatic rings. The lowest BCUT2D eigenvalue weighted by atomic mass is 10.1. The van der Waals surface area contributed by atoms with Gasteiger partial charge in [-0.1, -0.05) is 29.8 Å². The summed E-state index contributed by atoms with van der Waals surface area (Å²) in [5.74, 6) is -0.142. The van der Waals surface area contributed by atoms with Crippen LogP contribution in [-0.2, 0) is 16.1 Å². The summed E-state index contributed by atoms with van der Waals surface area (Å²) in [5, 5.41) is 0. The summed E-state index contributed by atoms with van der Waals surface area (Å²) in [7, 11) is 1.45. The summed E-state index contributed by atoms with van der Waals surface area (Å²) < 4.78 is 4.81. The third-order valence-electron chi connectivity index (χ3n) is 3.99. The molecule has 0 aromatic heterocycles. The zero-order valence-corrected chi connectivity index (χ0v) is 12.6. The van der Waals surface area contributed by atoms with Gasteiger partial charge in [0, 0.05) is 32.7 Å². The maximum atomic E-state index is 11.5. The lowest BCUT2D eigenvalue weighted by molar-refractivity contribution is -0.147. The van der Waals surface area contributed by atoms with Gasteiger partial charge in [-0.25, -0.2) is 0 Å². The Bertz CT molecular complexity index is 454. The van der Waals surface area contributed by atoms with Gasteiger partial charge in [-0.3, -0.25) is 14.6 Å². The SMILES string of the molecule is COC(=O)C(C)N1CCN(Cc2cccc(C)c2)CC1. The fraction of sp³-hybridized carbons (Fsp3) is 0.562. The molecule has 2 rings (SSSR count). The first-order chi connectivity index (χ1) is 9.60. The van der Waals surface area contributed by atoms with Crippen molar-refractivity contribution in [2.24, 2.45) is 0 Å². The van der Waals surface area contributed by atoms with Crippen LogP contribution < -0.4 is 0 Å². The Morgan fingerprint density at radius 3 is 2.60 bits per heavy atom. The molecule has 110 valence electrons. The standard InChI is InChI=1S/C16H24N2O2/c1-13-5-4-6-15(11-13)12-17-7-9-18(10-8-17)14(2)16(19)20-3/h4-6,11,14H,7-10,12H2,1-3H3. The van der Waals surface area contributed by atoms with Crippen LogP contribution in [0.5, 0.6) is 0 Å². The number of nitrogens with zero attached hydrogens (tertiary/aromatic N) is 2. The Labute approximate surface area is 121 Å². The quantitative estimate of drug-likeness (QED) is 0.783. The van der Waals surface area contributed by atoms with Crippen molar-refractivity contribution in [3.63, 3.8) is 0 Å². The monoisotopic (exact) mass is 276 g/mol. The van der Waals surface area contributed by atoms with Crippen LogP contribution in [0.25, 0.3) is 0 Å². The number of methoxy groups -OCH3 is 1. The first-order valence-electron chi connectivity index (χ1n) is 7.20. The van der Waals surface area contributed by atoms with E-state index in [4.69, 9.17) is 4.74 Å². The summed E-state index contributed by atoms with van der Waals surface area (Å²) in [6.45, 7) is 8.86. The molecule has 0 N–H and O–H groups in total. The van der Waals surface area contributed by atoms with E-state index in [1.807, 2.05) is 6.92 Å². The molecule has 0 bridgehead atoms. The largest absolute Gasteiger partial charge is 0.468 e. The lowest BCUT2D eigenvalue weighted by Crippen LogP contribution is -2.51. The van der Waals surface area contributed by atoms with Crippen molar-refractivity contribution in [2.45, 2.75) is 26.4 Å². The Kier molecular flexibility index (Phi) is 5.15. The van der Waals surface area contributed by atoms with Crippen LogP contribution >= 0.6 is 0 Å². The highest BCUT2D eigenvalue weighted by Crippen LogP contribution is 2.12. The molecule has 1 fully saturated rings. The van der Waals surface area contributed by atoms with Crippen molar-refractivity contribution in [1.82, 2.24) is 9.80 Å². The van der Waals surface area contributed by atoms with Gasteiger partial charge in [0.2, 0.25) is 0 Å². The molecule has 0 spiro atoms. The van der Waals surface area contributed by atoms with E-state index in [0.717, 1.165) is 32.7 Å². The van der Waals surface area contributed by atoms with Gasteiger partial charge in [0.1, 0.15) is 6.04 Å². The number of hydrogen-bond donors (Lipinski definition) is 0. The predicted molar refractivity (Wildman–Crippen MR) is 79.5 cm³/mol. The fourth-order valence-corrected chi connectivity index (χ4v) is 2.70. The van der Waals surface area contributed by atoms with Gasteiger partial charge in [-0.05, 0) is 19.4 Å². The van der Waals surface area contributed by atoms with Gasteiger partial charge in [0.05, 0.1) is 7.11 Å². The second-order valence-electron chi connectivity index (χ2n) is 5.50. The van der Waals surface area contributed by atoms with Crippen molar-refractivity contribution in [1.29, 1.82) is 0 Å². The topological polar surface area (TPSA) is 32.8 Å². The predicted octanol–water partition coefficient (Wildman–Crippen LogP) is 1.67. The molecule has 1 aliphatic heterocycles. The molecular weight excluding hydrogens is 252 g/mol. The minimum absolute atomic E-state index is 0.138. The number of benzene rings is 1. The fourth-order valence-electron chi connectivity index (χ4n) is 2.70. The van der Waals surface area contributed by atoms with Crippen LogP contribution in [0.15, 0.2) is 24.3 Å². The van der Waals surface area contributed by atoms with Gasteiger partial charge < -0.3 is 4.74 Å². The summed E-state index contributed by atoms with van der Waals surface area (Å²) in [4.78, 5) is 16.2. The molecule has 0 saturated carbocycles. The summed E-state index contributed by atoms with van der Waals surface area (Å²) in [6, 6.07) is 8.51. The zero-order valence-electron chi connectivity index (χ0n) is 12.6. The smallest absolute Gasteiger partial charge is 0.322 e. The van der Waals surface area contributed by atoms with Gasteiger partial charge in [-0.2, -0.15) is 0 Å². The Balaban J connectivity index is 1.84. The molecule has 20 heavy (non-hydrogen) atoms. The summed E-state index contributed by atoms with van der Waals surface area (Å²) in [6.07, 6.45) is 0. The second kappa shape index (κ2) is 6.86. The highest BCUT2D eigenvalue weighted by molar-refractivity contribution is 5.75. The van der Waals surface area contributed by atoms with E-state index in [-0.39, 0.29) is 12.0 Å². The van der Waals surface area contributed by atoms with Crippen molar-refractivity contribution >= 4 is 5.97 Å². The van der Waals surface area contributed by atoms with Crippen LogP contribution in [0.1, 0.15) is 18.1 Å². The third-order valence-corrected chi connectivity index (χ3v) is 3.99. The minimum atomic E-state index is -0.142. The zero-order chi connectivity index (χ0) is 14.5. The normalized spacial score (nSPS) is 18.8. The average Bonchev–Trinajstić information content (AvgIpc) is 2.46. The summed E-state index contributed by atoms with van der Waals surface area (Å²) >= 11 is 0. The van der Waals surface area contributed by atoms with Gasteiger partial charge in [0.25, 0.3) is 0 Å². The number of ether oxygens (including phenoxy) is 1. The molecule has 4 nitrogen and oxygen atoms in total. The molecule has 1 heterocycles. The molecule has 1 atom stereocenters. The maximum absolute atomic E-state index is 11.5. The molecular formula is C16H24N2O2. The Morgan fingerprint density at radius 1 is 1.30 bits per heavy atom. The first-order valence-corrected chi connectivity index (χ1v) is 7.20. The molecule has 1 aromatic carbocycles. The number of carbonyl (C=O) groups excluding carboxylic acids is 1. The van der Waals surface area contributed by atoms with Crippen molar-refractivity contribution in [3.8, 4) is 0 Å². The minimum Gasteiger partial charge on any atom is -0.468 e. The van der Waals surface area contributed by atoms with Crippen molar-refractivity contribution in [3.05, 3.63) is 35.4 Å². The highest BCUT2D eigenvalue weighted by Gasteiger charge is 2.25. The Morgan fingerprint density at radius 2 is 2.00 bits per heavy atom. The Hall–Kier alpha value is -1.39. The van der Waals surface area contributed by atoms with Crippen molar-refractivity contribution < 1.29 is 9.53 Å². The van der Waals surface area contributed by atoms with Gasteiger partial charge in [0.15, 0.2) is 0 Å². The molecule has 1 saturated heterocycles. The van der Waals surface area contributed by atoms with E-state index in [0.29, 0.717) is 0 Å². The van der Waals surface area contributed by atoms with E-state index in [2.05, 4.69) is 41.0 Å². The van der Waals surface area contributed by atoms with E-state index in [1.54, 1.807) is 0 Å². The number of rotatable bonds is 4. The second-order valence-corrected chi connectivity index (χ2v) is 5.50. The summed E-state index contributed by atoms with van der Waals surface area (Å²) in [5.41, 5.74) is 2.67. The van der Waals surface area contributed by atoms with Crippen LogP contribution in [-0.4, -0.2) is 55.1 Å². The highest BCUT2D eigenvalue weighted by atomic mass is 16.5. The average molecular weight is 276 g/mol. The molecule has 4 heteroatoms. The van der Waals surface area contributed by atoms with E-state index in [9.17, 15) is 4.79 Å². The number of hydrogen-bond acceptors (Lipinski definition) is 4. The van der Waals surface area contributed by atoms with Crippen LogP contribution in [0, 0.1) is 6.92 Å². The third kappa shape index (κ3) is 3.81. The maximum Gasteiger partial charge on any atom is 0.322 e. The molecule has 1 aliphatic rings. The lowest BCUT2D eigenvalue weighted by Gasteiger charge is -2.37. The van der Waals surface area contributed by atoms with Gasteiger partial charge >= 0.3 is 5.97 Å². The first kappa shape index (κ1) is 15.0.